The Kier molecular flexibility index (Phi) is 10.6. The van der Waals surface area contributed by atoms with E-state index >= 15 is 0 Å². The first-order chi connectivity index (χ1) is 14.9. The van der Waals surface area contributed by atoms with Gasteiger partial charge in [0.25, 0.3) is 0 Å². The van der Waals surface area contributed by atoms with Crippen molar-refractivity contribution in [2.45, 2.75) is 39.3 Å². The number of ether oxygens (including phenoxy) is 1. The normalized spacial score (nSPS) is 16.1. The SMILES string of the molecule is CN=C(NCCCN1CCN(Cc2ccccc2)CC1)NCCNC(=O)OC(C)(C)C. The first-order valence-electron chi connectivity index (χ1n) is 11.3. The molecule has 0 spiro atoms. The van der Waals surface area contributed by atoms with Gasteiger partial charge in [0, 0.05) is 59.4 Å². The third-order valence-electron chi connectivity index (χ3n) is 4.97. The first-order valence-corrected chi connectivity index (χ1v) is 11.3. The number of benzene rings is 1. The van der Waals surface area contributed by atoms with Crippen LogP contribution in [0.5, 0.6) is 0 Å². The summed E-state index contributed by atoms with van der Waals surface area (Å²) in [6, 6.07) is 10.7. The molecule has 1 aliphatic rings. The molecule has 8 nitrogen and oxygen atoms in total. The number of carbonyl (C=O) groups is 1. The van der Waals surface area contributed by atoms with Crippen LogP contribution in [0.25, 0.3) is 0 Å². The molecule has 1 amide bonds. The summed E-state index contributed by atoms with van der Waals surface area (Å²) in [6.07, 6.45) is 0.663. The van der Waals surface area contributed by atoms with Gasteiger partial charge in [-0.1, -0.05) is 30.3 Å². The van der Waals surface area contributed by atoms with E-state index in [-0.39, 0.29) is 0 Å². The van der Waals surface area contributed by atoms with Crippen LogP contribution in [0.15, 0.2) is 35.3 Å². The van der Waals surface area contributed by atoms with Gasteiger partial charge in [-0.3, -0.25) is 9.89 Å². The standard InChI is InChI=1S/C23H40N6O2/c1-23(2,3)31-22(30)27-13-12-26-21(24-4)25-11-8-14-28-15-17-29(18-16-28)19-20-9-6-5-7-10-20/h5-7,9-10H,8,11-19H2,1-4H3,(H,27,30)(H2,24,25,26). The predicted octanol–water partition coefficient (Wildman–Crippen LogP) is 1.88. The predicted molar refractivity (Wildman–Crippen MR) is 126 cm³/mol. The molecule has 0 radical (unpaired) electrons. The van der Waals surface area contributed by atoms with Gasteiger partial charge in [0.2, 0.25) is 0 Å². The van der Waals surface area contributed by atoms with Crippen molar-refractivity contribution in [1.82, 2.24) is 25.8 Å². The molecule has 1 saturated heterocycles. The third kappa shape index (κ3) is 11.0. The third-order valence-corrected chi connectivity index (χ3v) is 4.97. The lowest BCUT2D eigenvalue weighted by molar-refractivity contribution is 0.0529. The molecule has 174 valence electrons. The molecule has 31 heavy (non-hydrogen) atoms. The van der Waals surface area contributed by atoms with E-state index in [0.717, 1.165) is 58.2 Å². The number of carbonyl (C=O) groups excluding carboxylic acids is 1. The van der Waals surface area contributed by atoms with E-state index in [9.17, 15) is 4.79 Å². The molecule has 0 saturated carbocycles. The molecular formula is C23H40N6O2. The molecular weight excluding hydrogens is 392 g/mol. The van der Waals surface area contributed by atoms with Crippen molar-refractivity contribution in [3.05, 3.63) is 35.9 Å². The Morgan fingerprint density at radius 3 is 2.23 bits per heavy atom. The highest BCUT2D eigenvalue weighted by Crippen LogP contribution is 2.08. The van der Waals surface area contributed by atoms with Crippen molar-refractivity contribution in [2.24, 2.45) is 4.99 Å². The molecule has 1 heterocycles. The van der Waals surface area contributed by atoms with Crippen LogP contribution in [0, 0.1) is 0 Å². The van der Waals surface area contributed by atoms with Crippen molar-refractivity contribution in [2.75, 3.05) is 59.4 Å². The van der Waals surface area contributed by atoms with Gasteiger partial charge < -0.3 is 25.6 Å². The van der Waals surface area contributed by atoms with Gasteiger partial charge in [-0.05, 0) is 39.3 Å². The number of amides is 1. The molecule has 0 atom stereocenters. The zero-order valence-electron chi connectivity index (χ0n) is 19.6. The van der Waals surface area contributed by atoms with E-state index in [1.54, 1.807) is 7.05 Å². The number of hydrogen-bond donors (Lipinski definition) is 3. The van der Waals surface area contributed by atoms with Crippen LogP contribution >= 0.6 is 0 Å². The van der Waals surface area contributed by atoms with E-state index in [0.29, 0.717) is 13.1 Å². The minimum absolute atomic E-state index is 0.402. The lowest BCUT2D eigenvalue weighted by atomic mass is 10.2. The maximum Gasteiger partial charge on any atom is 0.407 e. The number of guanidine groups is 1. The molecule has 0 bridgehead atoms. The Bertz CT molecular complexity index is 666. The summed E-state index contributed by atoms with van der Waals surface area (Å²) in [5, 5.41) is 9.27. The number of aliphatic imine (C=N–C) groups is 1. The highest BCUT2D eigenvalue weighted by Gasteiger charge is 2.17. The Labute approximate surface area is 187 Å². The van der Waals surface area contributed by atoms with Crippen LogP contribution in [-0.2, 0) is 11.3 Å². The number of alkyl carbamates (subject to hydrolysis) is 1. The summed E-state index contributed by atoms with van der Waals surface area (Å²) in [7, 11) is 1.75. The quantitative estimate of drug-likeness (QED) is 0.314. The maximum absolute atomic E-state index is 11.6. The molecule has 8 heteroatoms. The fraction of sp³-hybridized carbons (Fsp3) is 0.652. The molecule has 1 fully saturated rings. The molecule has 1 aromatic rings. The molecule has 2 rings (SSSR count). The van der Waals surface area contributed by atoms with Crippen LogP contribution in [0.3, 0.4) is 0 Å². The topological polar surface area (TPSA) is 81.2 Å². The van der Waals surface area contributed by atoms with Crippen LogP contribution in [0.2, 0.25) is 0 Å². The molecule has 0 unspecified atom stereocenters. The smallest absolute Gasteiger partial charge is 0.407 e. The monoisotopic (exact) mass is 432 g/mol. The summed E-state index contributed by atoms with van der Waals surface area (Å²) in [5.74, 6) is 0.749. The van der Waals surface area contributed by atoms with E-state index in [2.05, 4.69) is 61.1 Å². The number of piperazine rings is 1. The lowest BCUT2D eigenvalue weighted by Gasteiger charge is -2.34. The van der Waals surface area contributed by atoms with Gasteiger partial charge in [0.05, 0.1) is 0 Å². The minimum atomic E-state index is -0.482. The number of nitrogens with zero attached hydrogens (tertiary/aromatic N) is 3. The second-order valence-electron chi connectivity index (χ2n) is 8.81. The summed E-state index contributed by atoms with van der Waals surface area (Å²) < 4.78 is 5.21. The van der Waals surface area contributed by atoms with E-state index in [1.807, 2.05) is 20.8 Å². The van der Waals surface area contributed by atoms with Gasteiger partial charge in [-0.25, -0.2) is 4.79 Å². The minimum Gasteiger partial charge on any atom is -0.444 e. The largest absolute Gasteiger partial charge is 0.444 e. The number of rotatable bonds is 9. The van der Waals surface area contributed by atoms with Gasteiger partial charge in [-0.2, -0.15) is 0 Å². The number of hydrogen-bond acceptors (Lipinski definition) is 5. The lowest BCUT2D eigenvalue weighted by Crippen LogP contribution is -2.47. The number of nitrogens with one attached hydrogen (secondary N) is 3. The van der Waals surface area contributed by atoms with Crippen molar-refractivity contribution >= 4 is 12.1 Å². The van der Waals surface area contributed by atoms with Gasteiger partial charge in [0.1, 0.15) is 5.60 Å². The molecule has 1 aromatic carbocycles. The van der Waals surface area contributed by atoms with E-state index < -0.39 is 11.7 Å². The zero-order chi connectivity index (χ0) is 22.5. The van der Waals surface area contributed by atoms with E-state index in [1.165, 1.54) is 5.56 Å². The average molecular weight is 433 g/mol. The van der Waals surface area contributed by atoms with Crippen molar-refractivity contribution < 1.29 is 9.53 Å². The molecule has 0 aliphatic carbocycles. The fourth-order valence-electron chi connectivity index (χ4n) is 3.40. The molecule has 0 aromatic heterocycles. The Morgan fingerprint density at radius 2 is 1.58 bits per heavy atom. The molecule has 3 N–H and O–H groups in total. The maximum atomic E-state index is 11.6. The second-order valence-corrected chi connectivity index (χ2v) is 8.81. The van der Waals surface area contributed by atoms with E-state index in [4.69, 9.17) is 4.74 Å². The van der Waals surface area contributed by atoms with Crippen molar-refractivity contribution in [3.63, 3.8) is 0 Å². The van der Waals surface area contributed by atoms with Crippen molar-refractivity contribution in [1.29, 1.82) is 0 Å². The Balaban J connectivity index is 1.51. The Morgan fingerprint density at radius 1 is 0.968 bits per heavy atom. The highest BCUT2D eigenvalue weighted by atomic mass is 16.6. The van der Waals surface area contributed by atoms with Gasteiger partial charge >= 0.3 is 6.09 Å². The van der Waals surface area contributed by atoms with Crippen LogP contribution in [0.1, 0.15) is 32.8 Å². The average Bonchev–Trinajstić information content (AvgIpc) is 2.73. The van der Waals surface area contributed by atoms with Gasteiger partial charge in [-0.15, -0.1) is 0 Å². The molecule has 1 aliphatic heterocycles. The highest BCUT2D eigenvalue weighted by molar-refractivity contribution is 5.79. The summed E-state index contributed by atoms with van der Waals surface area (Å²) >= 11 is 0. The fourth-order valence-corrected chi connectivity index (χ4v) is 3.40. The van der Waals surface area contributed by atoms with Gasteiger partial charge in [0.15, 0.2) is 5.96 Å². The van der Waals surface area contributed by atoms with Crippen LogP contribution < -0.4 is 16.0 Å². The van der Waals surface area contributed by atoms with Crippen LogP contribution in [0.4, 0.5) is 4.79 Å². The van der Waals surface area contributed by atoms with Crippen molar-refractivity contribution in [3.8, 4) is 0 Å². The Hall–Kier alpha value is -2.32. The van der Waals surface area contributed by atoms with Crippen LogP contribution in [-0.4, -0.2) is 86.9 Å². The summed E-state index contributed by atoms with van der Waals surface area (Å²) in [5.41, 5.74) is 0.907. The first kappa shape index (κ1) is 24.9. The summed E-state index contributed by atoms with van der Waals surface area (Å²) in [4.78, 5) is 20.9. The summed E-state index contributed by atoms with van der Waals surface area (Å²) in [6.45, 7) is 14.1. The second kappa shape index (κ2) is 13.2. The zero-order valence-corrected chi connectivity index (χ0v) is 19.6.